The van der Waals surface area contributed by atoms with Crippen LogP contribution in [0.25, 0.3) is 0 Å². The summed E-state index contributed by atoms with van der Waals surface area (Å²) < 4.78 is 0. The maximum absolute atomic E-state index is 11.6. The molecule has 1 saturated heterocycles. The topological polar surface area (TPSA) is 72.2 Å². The predicted molar refractivity (Wildman–Crippen MR) is 59.5 cm³/mol. The van der Waals surface area contributed by atoms with Crippen molar-refractivity contribution in [1.82, 2.24) is 5.32 Å². The first-order valence-corrected chi connectivity index (χ1v) is 5.33. The van der Waals surface area contributed by atoms with Gasteiger partial charge < -0.3 is 5.73 Å². The molecule has 0 aromatic heterocycles. The van der Waals surface area contributed by atoms with Crippen LogP contribution in [-0.4, -0.2) is 11.8 Å². The Labute approximate surface area is 93.8 Å². The van der Waals surface area contributed by atoms with Crippen LogP contribution in [0.5, 0.6) is 0 Å². The molecule has 2 amide bonds. The molecule has 1 aliphatic heterocycles. The van der Waals surface area contributed by atoms with E-state index >= 15 is 0 Å². The summed E-state index contributed by atoms with van der Waals surface area (Å²) in [7, 11) is 0. The molecule has 1 fully saturated rings. The molecular formula is C12H14N2O2. The highest BCUT2D eigenvalue weighted by Crippen LogP contribution is 2.24. The number of hydrogen-bond donors (Lipinski definition) is 2. The smallest absolute Gasteiger partial charge is 0.234 e. The van der Waals surface area contributed by atoms with Crippen molar-refractivity contribution in [1.29, 1.82) is 0 Å². The van der Waals surface area contributed by atoms with Crippen molar-refractivity contribution in [2.45, 2.75) is 25.3 Å². The Bertz CT molecular complexity index is 412. The van der Waals surface area contributed by atoms with Crippen LogP contribution in [0, 0.1) is 0 Å². The van der Waals surface area contributed by atoms with Gasteiger partial charge in [0, 0.05) is 13.0 Å². The van der Waals surface area contributed by atoms with Gasteiger partial charge in [0.2, 0.25) is 11.8 Å². The van der Waals surface area contributed by atoms with Crippen LogP contribution < -0.4 is 11.1 Å². The summed E-state index contributed by atoms with van der Waals surface area (Å²) in [6, 6.07) is 7.64. The molecule has 1 aromatic carbocycles. The van der Waals surface area contributed by atoms with Gasteiger partial charge in [0.1, 0.15) is 0 Å². The second-order valence-corrected chi connectivity index (χ2v) is 3.95. The van der Waals surface area contributed by atoms with Crippen molar-refractivity contribution in [2.75, 3.05) is 0 Å². The van der Waals surface area contributed by atoms with E-state index in [-0.39, 0.29) is 17.7 Å². The number of piperidine rings is 1. The average Bonchev–Trinajstić information content (AvgIpc) is 2.29. The minimum Gasteiger partial charge on any atom is -0.326 e. The highest BCUT2D eigenvalue weighted by atomic mass is 16.2. The quantitative estimate of drug-likeness (QED) is 0.716. The average molecular weight is 218 g/mol. The Morgan fingerprint density at radius 2 is 1.94 bits per heavy atom. The van der Waals surface area contributed by atoms with Crippen molar-refractivity contribution in [3.8, 4) is 0 Å². The number of amides is 2. The third-order valence-corrected chi connectivity index (χ3v) is 2.86. The summed E-state index contributed by atoms with van der Waals surface area (Å²) in [4.78, 5) is 22.6. The van der Waals surface area contributed by atoms with E-state index in [1.54, 1.807) is 0 Å². The second-order valence-electron chi connectivity index (χ2n) is 3.95. The third kappa shape index (κ3) is 2.12. The van der Waals surface area contributed by atoms with Crippen LogP contribution in [0.4, 0.5) is 0 Å². The summed E-state index contributed by atoms with van der Waals surface area (Å²) in [6.45, 7) is 0.496. The van der Waals surface area contributed by atoms with Gasteiger partial charge in [-0.05, 0) is 17.5 Å². The second kappa shape index (κ2) is 4.45. The molecule has 1 heterocycles. The highest BCUT2D eigenvalue weighted by molar-refractivity contribution is 6.00. The number of nitrogens with one attached hydrogen (secondary N) is 1. The van der Waals surface area contributed by atoms with Gasteiger partial charge in [0.15, 0.2) is 0 Å². The lowest BCUT2D eigenvalue weighted by atomic mass is 9.90. The molecule has 1 unspecified atom stereocenters. The molecule has 3 N–H and O–H groups in total. The first-order valence-electron chi connectivity index (χ1n) is 5.33. The molecule has 1 aliphatic rings. The zero-order valence-electron chi connectivity index (χ0n) is 8.90. The van der Waals surface area contributed by atoms with E-state index in [4.69, 9.17) is 5.73 Å². The highest BCUT2D eigenvalue weighted by Gasteiger charge is 2.27. The minimum atomic E-state index is -0.204. The van der Waals surface area contributed by atoms with Crippen LogP contribution in [0.3, 0.4) is 0 Å². The zero-order chi connectivity index (χ0) is 11.5. The van der Waals surface area contributed by atoms with Crippen LogP contribution in [0.15, 0.2) is 24.3 Å². The van der Waals surface area contributed by atoms with Crippen LogP contribution in [0.1, 0.15) is 29.9 Å². The van der Waals surface area contributed by atoms with Gasteiger partial charge in [-0.15, -0.1) is 0 Å². The van der Waals surface area contributed by atoms with E-state index in [0.29, 0.717) is 19.4 Å². The monoisotopic (exact) mass is 218 g/mol. The molecule has 0 bridgehead atoms. The van der Waals surface area contributed by atoms with E-state index in [1.807, 2.05) is 24.3 Å². The number of imide groups is 1. The predicted octanol–water partition coefficient (Wildman–Crippen LogP) is 0.665. The maximum Gasteiger partial charge on any atom is 0.234 e. The summed E-state index contributed by atoms with van der Waals surface area (Å²) in [5.74, 6) is -0.582. The molecule has 0 spiro atoms. The first kappa shape index (κ1) is 10.8. The minimum absolute atomic E-state index is 0.181. The largest absolute Gasteiger partial charge is 0.326 e. The zero-order valence-corrected chi connectivity index (χ0v) is 8.90. The molecule has 0 saturated carbocycles. The summed E-state index contributed by atoms with van der Waals surface area (Å²) in [5.41, 5.74) is 7.48. The first-order chi connectivity index (χ1) is 7.70. The standard InChI is InChI=1S/C12H14N2O2/c13-7-8-1-3-9(4-2-8)10-5-6-11(15)14-12(10)16/h1-4,10H,5-7,13H2,(H,14,15,16). The summed E-state index contributed by atoms with van der Waals surface area (Å²) in [5, 5.41) is 2.35. The van der Waals surface area contributed by atoms with E-state index in [2.05, 4.69) is 5.32 Å². The summed E-state index contributed by atoms with van der Waals surface area (Å²) in [6.07, 6.45) is 1.00. The van der Waals surface area contributed by atoms with E-state index in [1.165, 1.54) is 0 Å². The van der Waals surface area contributed by atoms with Crippen molar-refractivity contribution in [3.63, 3.8) is 0 Å². The third-order valence-electron chi connectivity index (χ3n) is 2.86. The molecule has 1 aromatic rings. The fraction of sp³-hybridized carbons (Fsp3) is 0.333. The Hall–Kier alpha value is -1.68. The van der Waals surface area contributed by atoms with Gasteiger partial charge in [-0.3, -0.25) is 14.9 Å². The van der Waals surface area contributed by atoms with Gasteiger partial charge in [-0.1, -0.05) is 24.3 Å². The van der Waals surface area contributed by atoms with Crippen molar-refractivity contribution in [3.05, 3.63) is 35.4 Å². The fourth-order valence-corrected chi connectivity index (χ4v) is 1.90. The van der Waals surface area contributed by atoms with Gasteiger partial charge in [0.25, 0.3) is 0 Å². The Balaban J connectivity index is 2.17. The van der Waals surface area contributed by atoms with Crippen molar-refractivity contribution in [2.24, 2.45) is 5.73 Å². The lowest BCUT2D eigenvalue weighted by Gasteiger charge is -2.21. The number of benzene rings is 1. The normalized spacial score (nSPS) is 20.7. The molecule has 0 radical (unpaired) electrons. The Morgan fingerprint density at radius 3 is 2.50 bits per heavy atom. The van der Waals surface area contributed by atoms with Crippen molar-refractivity contribution < 1.29 is 9.59 Å². The molecule has 4 nitrogen and oxygen atoms in total. The molecular weight excluding hydrogens is 204 g/mol. The number of carbonyl (C=O) groups is 2. The van der Waals surface area contributed by atoms with Gasteiger partial charge in [0.05, 0.1) is 5.92 Å². The molecule has 84 valence electrons. The number of rotatable bonds is 2. The van der Waals surface area contributed by atoms with Gasteiger partial charge in [-0.2, -0.15) is 0 Å². The number of hydrogen-bond acceptors (Lipinski definition) is 3. The summed E-state index contributed by atoms with van der Waals surface area (Å²) >= 11 is 0. The maximum atomic E-state index is 11.6. The molecule has 4 heteroatoms. The molecule has 16 heavy (non-hydrogen) atoms. The lowest BCUT2D eigenvalue weighted by molar-refractivity contribution is -0.134. The van der Waals surface area contributed by atoms with E-state index in [9.17, 15) is 9.59 Å². The molecule has 0 aliphatic carbocycles. The lowest BCUT2D eigenvalue weighted by Crippen LogP contribution is -2.39. The van der Waals surface area contributed by atoms with Crippen LogP contribution in [0.2, 0.25) is 0 Å². The Kier molecular flexibility index (Phi) is 3.01. The number of nitrogens with two attached hydrogens (primary N) is 1. The van der Waals surface area contributed by atoms with Gasteiger partial charge >= 0.3 is 0 Å². The molecule has 2 rings (SSSR count). The van der Waals surface area contributed by atoms with E-state index in [0.717, 1.165) is 11.1 Å². The van der Waals surface area contributed by atoms with Gasteiger partial charge in [-0.25, -0.2) is 0 Å². The SMILES string of the molecule is NCc1ccc(C2CCC(=O)NC2=O)cc1. The molecule has 1 atom stereocenters. The Morgan fingerprint density at radius 1 is 1.25 bits per heavy atom. The van der Waals surface area contributed by atoms with Crippen molar-refractivity contribution >= 4 is 11.8 Å². The van der Waals surface area contributed by atoms with E-state index < -0.39 is 0 Å². The number of carbonyl (C=O) groups excluding carboxylic acids is 2. The van der Waals surface area contributed by atoms with Crippen LogP contribution >= 0.6 is 0 Å². The fourth-order valence-electron chi connectivity index (χ4n) is 1.90. The van der Waals surface area contributed by atoms with Crippen LogP contribution in [-0.2, 0) is 16.1 Å².